The molecule has 1 saturated heterocycles. The van der Waals surface area contributed by atoms with Gasteiger partial charge in [-0.25, -0.2) is 4.39 Å². The van der Waals surface area contributed by atoms with Crippen molar-refractivity contribution in [1.82, 2.24) is 15.5 Å². The van der Waals surface area contributed by atoms with E-state index < -0.39 is 6.17 Å². The van der Waals surface area contributed by atoms with Crippen molar-refractivity contribution in [1.29, 1.82) is 0 Å². The maximum atomic E-state index is 13.2. The number of rotatable bonds is 5. The van der Waals surface area contributed by atoms with Crippen LogP contribution < -0.4 is 10.6 Å². The lowest BCUT2D eigenvalue weighted by Crippen LogP contribution is -2.55. The van der Waals surface area contributed by atoms with E-state index in [0.29, 0.717) is 30.3 Å². The maximum absolute atomic E-state index is 13.2. The third kappa shape index (κ3) is 3.59. The van der Waals surface area contributed by atoms with Gasteiger partial charge in [-0.3, -0.25) is 9.89 Å². The van der Waals surface area contributed by atoms with E-state index >= 15 is 0 Å². The van der Waals surface area contributed by atoms with Gasteiger partial charge < -0.3 is 10.6 Å². The number of hydrogen-bond donors (Lipinski definition) is 3. The molecule has 0 bridgehead atoms. The molecule has 122 valence electrons. The second-order valence-electron chi connectivity index (χ2n) is 6.25. The van der Waals surface area contributed by atoms with Crippen molar-refractivity contribution in [2.24, 2.45) is 0 Å². The van der Waals surface area contributed by atoms with Crippen molar-refractivity contribution in [2.75, 3.05) is 11.9 Å². The van der Waals surface area contributed by atoms with Gasteiger partial charge in [0, 0.05) is 24.0 Å². The van der Waals surface area contributed by atoms with Crippen LogP contribution in [0.15, 0.2) is 30.3 Å². The standard InChI is InChI=1S/C17H21FN4O/c1-10(2)14-8-16(22-21-14)17(23)20-12-5-3-11(4-6-12)7-15-13(18)9-19-15/h3-6,8,10,13,15,19H,7,9H2,1-2H3,(H,20,23)(H,21,22)/t13-,15-/m1/s1. The summed E-state index contributed by atoms with van der Waals surface area (Å²) in [5, 5.41) is 12.8. The first-order chi connectivity index (χ1) is 11.0. The third-order valence-corrected chi connectivity index (χ3v) is 4.13. The molecule has 2 aromatic rings. The molecule has 6 heteroatoms. The molecule has 3 N–H and O–H groups in total. The maximum Gasteiger partial charge on any atom is 0.276 e. The summed E-state index contributed by atoms with van der Waals surface area (Å²) in [6.45, 7) is 4.51. The van der Waals surface area contributed by atoms with Crippen LogP contribution in [0.1, 0.15) is 41.5 Å². The molecule has 3 rings (SSSR count). The molecule has 23 heavy (non-hydrogen) atoms. The normalized spacial score (nSPS) is 20.3. The van der Waals surface area contributed by atoms with Gasteiger partial charge >= 0.3 is 0 Å². The minimum atomic E-state index is -0.760. The number of halogens is 1. The van der Waals surface area contributed by atoms with E-state index in [1.165, 1.54) is 0 Å². The lowest BCUT2D eigenvalue weighted by atomic mass is 9.96. The number of alkyl halides is 1. The van der Waals surface area contributed by atoms with Gasteiger partial charge in [0.1, 0.15) is 6.17 Å². The number of benzene rings is 1. The van der Waals surface area contributed by atoms with Crippen LogP contribution in [0.2, 0.25) is 0 Å². The second kappa shape index (κ2) is 6.50. The van der Waals surface area contributed by atoms with Crippen LogP contribution in [0.4, 0.5) is 10.1 Å². The summed E-state index contributed by atoms with van der Waals surface area (Å²) in [4.78, 5) is 12.2. The number of nitrogens with zero attached hydrogens (tertiary/aromatic N) is 1. The first-order valence-corrected chi connectivity index (χ1v) is 7.86. The van der Waals surface area contributed by atoms with Crippen LogP contribution in [0.3, 0.4) is 0 Å². The fourth-order valence-corrected chi connectivity index (χ4v) is 2.50. The molecule has 0 unspecified atom stereocenters. The Kier molecular flexibility index (Phi) is 4.43. The summed E-state index contributed by atoms with van der Waals surface area (Å²) in [5.74, 6) is 0.0492. The predicted octanol–water partition coefficient (Wildman–Crippen LogP) is 2.64. The third-order valence-electron chi connectivity index (χ3n) is 4.13. The van der Waals surface area contributed by atoms with Gasteiger partial charge in [-0.05, 0) is 36.1 Å². The highest BCUT2D eigenvalue weighted by Gasteiger charge is 2.29. The molecule has 2 heterocycles. The fourth-order valence-electron chi connectivity index (χ4n) is 2.50. The summed E-state index contributed by atoms with van der Waals surface area (Å²) >= 11 is 0. The average molecular weight is 316 g/mol. The van der Waals surface area contributed by atoms with Crippen LogP contribution in [-0.4, -0.2) is 34.9 Å². The molecule has 0 saturated carbocycles. The largest absolute Gasteiger partial charge is 0.321 e. The summed E-state index contributed by atoms with van der Waals surface area (Å²) in [5.41, 5.74) is 3.05. The van der Waals surface area contributed by atoms with Crippen LogP contribution in [-0.2, 0) is 6.42 Å². The number of aromatic amines is 1. The lowest BCUT2D eigenvalue weighted by Gasteiger charge is -2.32. The number of carbonyl (C=O) groups excluding carboxylic acids is 1. The van der Waals surface area contributed by atoms with Gasteiger partial charge in [-0.1, -0.05) is 26.0 Å². The molecule has 1 fully saturated rings. The van der Waals surface area contributed by atoms with E-state index in [9.17, 15) is 9.18 Å². The highest BCUT2D eigenvalue weighted by Crippen LogP contribution is 2.18. The minimum absolute atomic E-state index is 0.0889. The Hall–Kier alpha value is -2.21. The van der Waals surface area contributed by atoms with Crippen molar-refractivity contribution in [3.05, 3.63) is 47.3 Å². The molecule has 0 aliphatic carbocycles. The summed E-state index contributed by atoms with van der Waals surface area (Å²) in [7, 11) is 0. The van der Waals surface area contributed by atoms with Crippen LogP contribution in [0, 0.1) is 0 Å². The SMILES string of the molecule is CC(C)c1cc(C(=O)Nc2ccc(C[C@H]3NC[C@H]3F)cc2)n[nH]1. The molecular formula is C17H21FN4O. The zero-order chi connectivity index (χ0) is 16.4. The highest BCUT2D eigenvalue weighted by atomic mass is 19.1. The highest BCUT2D eigenvalue weighted by molar-refractivity contribution is 6.02. The van der Waals surface area contributed by atoms with Crippen molar-refractivity contribution < 1.29 is 9.18 Å². The van der Waals surface area contributed by atoms with Crippen LogP contribution in [0.5, 0.6) is 0 Å². The summed E-state index contributed by atoms with van der Waals surface area (Å²) in [6.07, 6.45) is -0.101. The number of anilines is 1. The predicted molar refractivity (Wildman–Crippen MR) is 87.5 cm³/mol. The van der Waals surface area contributed by atoms with E-state index in [0.717, 1.165) is 11.3 Å². The number of amides is 1. The Balaban J connectivity index is 1.59. The monoisotopic (exact) mass is 316 g/mol. The summed E-state index contributed by atoms with van der Waals surface area (Å²) in [6, 6.07) is 9.15. The topological polar surface area (TPSA) is 69.8 Å². The molecule has 5 nitrogen and oxygen atoms in total. The lowest BCUT2D eigenvalue weighted by molar-refractivity contribution is 0.102. The first-order valence-electron chi connectivity index (χ1n) is 7.86. The molecule has 1 aliphatic heterocycles. The number of hydrogen-bond acceptors (Lipinski definition) is 3. The Morgan fingerprint density at radius 3 is 2.65 bits per heavy atom. The van der Waals surface area contributed by atoms with E-state index in [1.807, 2.05) is 38.1 Å². The Morgan fingerprint density at radius 2 is 2.13 bits per heavy atom. The van der Waals surface area contributed by atoms with E-state index in [2.05, 4.69) is 20.8 Å². The Labute approximate surface area is 134 Å². The van der Waals surface area contributed by atoms with Crippen molar-refractivity contribution in [2.45, 2.75) is 38.4 Å². The Bertz CT molecular complexity index is 680. The van der Waals surface area contributed by atoms with Crippen molar-refractivity contribution >= 4 is 11.6 Å². The average Bonchev–Trinajstić information content (AvgIpc) is 3.03. The fraction of sp³-hybridized carbons (Fsp3) is 0.412. The zero-order valence-electron chi connectivity index (χ0n) is 13.3. The van der Waals surface area contributed by atoms with Gasteiger partial charge in [-0.15, -0.1) is 0 Å². The Morgan fingerprint density at radius 1 is 1.39 bits per heavy atom. The second-order valence-corrected chi connectivity index (χ2v) is 6.25. The zero-order valence-corrected chi connectivity index (χ0v) is 13.3. The number of carbonyl (C=O) groups is 1. The van der Waals surface area contributed by atoms with Gasteiger partial charge in [0.15, 0.2) is 5.69 Å². The van der Waals surface area contributed by atoms with E-state index in [1.54, 1.807) is 6.07 Å². The molecule has 0 radical (unpaired) electrons. The number of aromatic nitrogens is 2. The van der Waals surface area contributed by atoms with Gasteiger partial charge in [0.25, 0.3) is 5.91 Å². The minimum Gasteiger partial charge on any atom is -0.321 e. The van der Waals surface area contributed by atoms with Crippen LogP contribution in [0.25, 0.3) is 0 Å². The number of nitrogens with one attached hydrogen (secondary N) is 3. The van der Waals surface area contributed by atoms with E-state index in [-0.39, 0.29) is 11.9 Å². The smallest absolute Gasteiger partial charge is 0.276 e. The van der Waals surface area contributed by atoms with Crippen LogP contribution >= 0.6 is 0 Å². The molecule has 1 aromatic heterocycles. The molecule has 1 amide bonds. The van der Waals surface area contributed by atoms with E-state index in [4.69, 9.17) is 0 Å². The molecule has 1 aromatic carbocycles. The molecule has 0 spiro atoms. The first kappa shape index (κ1) is 15.7. The van der Waals surface area contributed by atoms with Gasteiger partial charge in [-0.2, -0.15) is 5.10 Å². The number of H-pyrrole nitrogens is 1. The van der Waals surface area contributed by atoms with Gasteiger partial charge in [0.2, 0.25) is 0 Å². The van der Waals surface area contributed by atoms with Crippen molar-refractivity contribution in [3.63, 3.8) is 0 Å². The quantitative estimate of drug-likeness (QED) is 0.794. The molecule has 1 aliphatic rings. The van der Waals surface area contributed by atoms with Gasteiger partial charge in [0.05, 0.1) is 0 Å². The molecular weight excluding hydrogens is 295 g/mol. The van der Waals surface area contributed by atoms with Crippen molar-refractivity contribution in [3.8, 4) is 0 Å². The molecule has 2 atom stereocenters. The summed E-state index contributed by atoms with van der Waals surface area (Å²) < 4.78 is 13.2.